The summed E-state index contributed by atoms with van der Waals surface area (Å²) in [5.41, 5.74) is 0.307. The monoisotopic (exact) mass is 405 g/mol. The van der Waals surface area contributed by atoms with Gasteiger partial charge in [0.05, 0.1) is 6.04 Å². The number of H-pyrrole nitrogens is 1. The van der Waals surface area contributed by atoms with Gasteiger partial charge >= 0.3 is 0 Å². The molecule has 0 spiro atoms. The van der Waals surface area contributed by atoms with Crippen molar-refractivity contribution in [3.63, 3.8) is 0 Å². The van der Waals surface area contributed by atoms with Gasteiger partial charge in [-0.2, -0.15) is 10.4 Å². The van der Waals surface area contributed by atoms with Crippen LogP contribution in [0.4, 0.5) is 0 Å². The molecule has 3 atom stereocenters. The molecule has 0 aromatic carbocycles. The van der Waals surface area contributed by atoms with Crippen LogP contribution in [0.15, 0.2) is 23.3 Å². The number of hydrogen-bond donors (Lipinski definition) is 1. The van der Waals surface area contributed by atoms with Crippen LogP contribution in [0.3, 0.4) is 0 Å². The van der Waals surface area contributed by atoms with Crippen molar-refractivity contribution >= 4 is 11.0 Å². The minimum atomic E-state index is -0.309. The molecular weight excluding hydrogens is 382 g/mol. The third-order valence-electron chi connectivity index (χ3n) is 6.56. The van der Waals surface area contributed by atoms with Crippen molar-refractivity contribution in [3.8, 4) is 6.07 Å². The Morgan fingerprint density at radius 3 is 2.60 bits per heavy atom. The zero-order valence-electron chi connectivity index (χ0n) is 16.8. The van der Waals surface area contributed by atoms with Gasteiger partial charge in [-0.1, -0.05) is 0 Å². The number of rotatable bonds is 4. The molecule has 5 rings (SSSR count). The first-order valence-electron chi connectivity index (χ1n) is 10.4. The highest BCUT2D eigenvalue weighted by Gasteiger charge is 2.38. The van der Waals surface area contributed by atoms with Crippen LogP contribution in [-0.2, 0) is 4.74 Å². The zero-order valence-corrected chi connectivity index (χ0v) is 16.8. The molecule has 1 N–H and O–H groups in total. The normalized spacial score (nSPS) is 23.1. The maximum Gasteiger partial charge on any atom is 0.263 e. The molecule has 154 valence electrons. The highest BCUT2D eigenvalue weighted by molar-refractivity contribution is 5.80. The largest absolute Gasteiger partial charge is 0.381 e. The van der Waals surface area contributed by atoms with Crippen LogP contribution < -0.4 is 5.56 Å². The van der Waals surface area contributed by atoms with E-state index in [0.717, 1.165) is 44.7 Å². The SMILES string of the molecule is CC(C1CCOCC1)n1nc(C#N)c2c(=O)[nH]c([C@@H]3CC[C@H]3c3ncccn3)nc21. The van der Waals surface area contributed by atoms with Crippen LogP contribution in [0.25, 0.3) is 11.0 Å². The molecule has 4 heterocycles. The average Bonchev–Trinajstić information content (AvgIpc) is 3.13. The number of nitrogens with zero attached hydrogens (tertiary/aromatic N) is 6. The molecule has 1 unspecified atom stereocenters. The number of aromatic nitrogens is 6. The van der Waals surface area contributed by atoms with Gasteiger partial charge in [0.15, 0.2) is 11.3 Å². The number of fused-ring (bicyclic) bond motifs is 1. The first kappa shape index (κ1) is 18.9. The third-order valence-corrected chi connectivity index (χ3v) is 6.56. The maximum absolute atomic E-state index is 12.9. The Morgan fingerprint density at radius 1 is 1.20 bits per heavy atom. The Balaban J connectivity index is 1.57. The minimum Gasteiger partial charge on any atom is -0.381 e. The van der Waals surface area contributed by atoms with E-state index in [1.165, 1.54) is 0 Å². The fraction of sp³-hybridized carbons (Fsp3) is 0.524. The number of nitrogens with one attached hydrogen (secondary N) is 1. The minimum absolute atomic E-state index is 0.0234. The molecule has 9 heteroatoms. The summed E-state index contributed by atoms with van der Waals surface area (Å²) in [6.45, 7) is 3.52. The second kappa shape index (κ2) is 7.61. The second-order valence-electron chi connectivity index (χ2n) is 8.14. The van der Waals surface area contributed by atoms with E-state index in [2.05, 4.69) is 33.0 Å². The van der Waals surface area contributed by atoms with Crippen molar-refractivity contribution in [2.75, 3.05) is 13.2 Å². The fourth-order valence-corrected chi connectivity index (χ4v) is 4.64. The molecule has 2 aliphatic rings. The van der Waals surface area contributed by atoms with Gasteiger partial charge in [-0.05, 0) is 44.6 Å². The van der Waals surface area contributed by atoms with Crippen molar-refractivity contribution in [1.82, 2.24) is 29.7 Å². The fourth-order valence-electron chi connectivity index (χ4n) is 4.64. The molecule has 0 radical (unpaired) electrons. The summed E-state index contributed by atoms with van der Waals surface area (Å²) in [6, 6.07) is 3.88. The summed E-state index contributed by atoms with van der Waals surface area (Å²) < 4.78 is 7.25. The van der Waals surface area contributed by atoms with Gasteiger partial charge in [0.25, 0.3) is 5.56 Å². The summed E-state index contributed by atoms with van der Waals surface area (Å²) in [4.78, 5) is 29.4. The summed E-state index contributed by atoms with van der Waals surface area (Å²) in [7, 11) is 0. The molecule has 2 fully saturated rings. The Bertz CT molecular complexity index is 1160. The Morgan fingerprint density at radius 2 is 1.93 bits per heavy atom. The predicted molar refractivity (Wildman–Crippen MR) is 108 cm³/mol. The van der Waals surface area contributed by atoms with E-state index in [4.69, 9.17) is 9.72 Å². The lowest BCUT2D eigenvalue weighted by atomic mass is 9.72. The summed E-state index contributed by atoms with van der Waals surface area (Å²) in [5, 5.41) is 14.3. The number of aromatic amines is 1. The van der Waals surface area contributed by atoms with Crippen LogP contribution in [-0.4, -0.2) is 42.9 Å². The molecule has 1 aliphatic heterocycles. The molecule has 9 nitrogen and oxygen atoms in total. The van der Waals surface area contributed by atoms with Crippen LogP contribution in [0.2, 0.25) is 0 Å². The quantitative estimate of drug-likeness (QED) is 0.707. The van der Waals surface area contributed by atoms with Crippen LogP contribution in [0.1, 0.15) is 67.8 Å². The number of ether oxygens (including phenoxy) is 1. The smallest absolute Gasteiger partial charge is 0.263 e. The zero-order chi connectivity index (χ0) is 20.7. The Labute approximate surface area is 173 Å². The highest BCUT2D eigenvalue weighted by Crippen LogP contribution is 2.46. The van der Waals surface area contributed by atoms with Crippen molar-refractivity contribution in [3.05, 3.63) is 46.2 Å². The van der Waals surface area contributed by atoms with Crippen molar-refractivity contribution in [2.45, 2.75) is 50.5 Å². The van der Waals surface area contributed by atoms with Gasteiger partial charge in [-0.15, -0.1) is 0 Å². The van der Waals surface area contributed by atoms with Crippen LogP contribution in [0, 0.1) is 17.2 Å². The van der Waals surface area contributed by atoms with Gasteiger partial charge < -0.3 is 9.72 Å². The van der Waals surface area contributed by atoms with E-state index >= 15 is 0 Å². The predicted octanol–water partition coefficient (Wildman–Crippen LogP) is 2.43. The Kier molecular flexibility index (Phi) is 4.79. The average molecular weight is 405 g/mol. The van der Waals surface area contributed by atoms with E-state index < -0.39 is 0 Å². The van der Waals surface area contributed by atoms with E-state index in [1.54, 1.807) is 23.1 Å². The van der Waals surface area contributed by atoms with Crippen LogP contribution in [0.5, 0.6) is 0 Å². The van der Waals surface area contributed by atoms with Gasteiger partial charge in [-0.3, -0.25) is 4.79 Å². The van der Waals surface area contributed by atoms with Crippen molar-refractivity contribution in [1.29, 1.82) is 5.26 Å². The van der Waals surface area contributed by atoms with Gasteiger partial charge in [-0.25, -0.2) is 19.6 Å². The molecular formula is C21H23N7O2. The second-order valence-corrected chi connectivity index (χ2v) is 8.14. The maximum atomic E-state index is 12.9. The molecule has 3 aromatic heterocycles. The van der Waals surface area contributed by atoms with E-state index in [0.29, 0.717) is 17.4 Å². The third kappa shape index (κ3) is 3.08. The first-order valence-corrected chi connectivity index (χ1v) is 10.4. The lowest BCUT2D eigenvalue weighted by Gasteiger charge is -2.34. The standard InChI is InChI=1S/C21H23N7O2/c1-12(13-5-9-30-10-6-13)28-20-17(16(11-22)27-28)21(29)26-19(25-20)15-4-3-14(15)18-23-7-2-8-24-18/h2,7-8,12-15H,3-6,9-10H2,1H3,(H,25,26,29)/t12?,14-,15-/m1/s1. The molecule has 1 saturated carbocycles. The number of hydrogen-bond acceptors (Lipinski definition) is 7. The highest BCUT2D eigenvalue weighted by atomic mass is 16.5. The molecule has 1 aliphatic carbocycles. The molecule has 1 saturated heterocycles. The topological polar surface area (TPSA) is 122 Å². The van der Waals surface area contributed by atoms with Gasteiger partial charge in [0, 0.05) is 37.4 Å². The Hall–Kier alpha value is -3.12. The van der Waals surface area contributed by atoms with Crippen LogP contribution >= 0.6 is 0 Å². The summed E-state index contributed by atoms with van der Waals surface area (Å²) >= 11 is 0. The lowest BCUT2D eigenvalue weighted by molar-refractivity contribution is 0.0501. The lowest BCUT2D eigenvalue weighted by Crippen LogP contribution is -2.28. The van der Waals surface area contributed by atoms with Gasteiger partial charge in [0.2, 0.25) is 0 Å². The molecule has 0 bridgehead atoms. The summed E-state index contributed by atoms with van der Waals surface area (Å²) in [6.07, 6.45) is 7.19. The van der Waals surface area contributed by atoms with Crippen molar-refractivity contribution < 1.29 is 4.74 Å². The van der Waals surface area contributed by atoms with E-state index in [-0.39, 0.29) is 34.5 Å². The van der Waals surface area contributed by atoms with Gasteiger partial charge in [0.1, 0.15) is 23.1 Å². The molecule has 0 amide bonds. The molecule has 3 aromatic rings. The first-order chi connectivity index (χ1) is 14.7. The summed E-state index contributed by atoms with van der Waals surface area (Å²) in [5.74, 6) is 1.95. The van der Waals surface area contributed by atoms with Crippen molar-refractivity contribution in [2.24, 2.45) is 5.92 Å². The number of nitriles is 1. The van der Waals surface area contributed by atoms with E-state index in [1.807, 2.05) is 0 Å². The molecule has 30 heavy (non-hydrogen) atoms. The van der Waals surface area contributed by atoms with E-state index in [9.17, 15) is 10.1 Å².